The first-order valence-electron chi connectivity index (χ1n) is 6.09. The molecule has 15 heavy (non-hydrogen) atoms. The summed E-state index contributed by atoms with van der Waals surface area (Å²) in [5, 5.41) is 3.45. The Balaban J connectivity index is 1.99. The van der Waals surface area contributed by atoms with Crippen LogP contribution in [-0.4, -0.2) is 22.6 Å². The zero-order valence-electron chi connectivity index (χ0n) is 9.74. The SMILES string of the molecule is CCNCC1CCC1n1ccnc1CC. The molecule has 0 bridgehead atoms. The lowest BCUT2D eigenvalue weighted by Crippen LogP contribution is -2.37. The maximum Gasteiger partial charge on any atom is 0.108 e. The predicted molar refractivity (Wildman–Crippen MR) is 61.9 cm³/mol. The summed E-state index contributed by atoms with van der Waals surface area (Å²) in [6.07, 6.45) is 7.79. The van der Waals surface area contributed by atoms with E-state index in [2.05, 4.69) is 34.9 Å². The molecule has 0 saturated heterocycles. The summed E-state index contributed by atoms with van der Waals surface area (Å²) in [7, 11) is 0. The van der Waals surface area contributed by atoms with Crippen molar-refractivity contribution in [3.8, 4) is 0 Å². The Bertz CT molecular complexity index is 306. The van der Waals surface area contributed by atoms with Gasteiger partial charge in [-0.1, -0.05) is 13.8 Å². The number of aryl methyl sites for hydroxylation is 1. The molecule has 1 N–H and O–H groups in total. The fourth-order valence-electron chi connectivity index (χ4n) is 2.41. The molecule has 1 fully saturated rings. The summed E-state index contributed by atoms with van der Waals surface area (Å²) in [6, 6.07) is 0.696. The molecule has 1 saturated carbocycles. The van der Waals surface area contributed by atoms with Gasteiger partial charge in [0.1, 0.15) is 5.82 Å². The van der Waals surface area contributed by atoms with E-state index in [-0.39, 0.29) is 0 Å². The van der Waals surface area contributed by atoms with Crippen molar-refractivity contribution < 1.29 is 0 Å². The minimum Gasteiger partial charge on any atom is -0.332 e. The first-order chi connectivity index (χ1) is 7.36. The third-order valence-electron chi connectivity index (χ3n) is 3.46. The van der Waals surface area contributed by atoms with Crippen LogP contribution in [0.2, 0.25) is 0 Å². The molecular weight excluding hydrogens is 186 g/mol. The van der Waals surface area contributed by atoms with Crippen molar-refractivity contribution in [1.82, 2.24) is 14.9 Å². The minimum atomic E-state index is 0.696. The number of hydrogen-bond acceptors (Lipinski definition) is 2. The Labute approximate surface area is 91.9 Å². The topological polar surface area (TPSA) is 29.9 Å². The van der Waals surface area contributed by atoms with Crippen molar-refractivity contribution in [3.05, 3.63) is 18.2 Å². The summed E-state index contributed by atoms with van der Waals surface area (Å²) in [4.78, 5) is 4.39. The van der Waals surface area contributed by atoms with Crippen molar-refractivity contribution >= 4 is 0 Å². The van der Waals surface area contributed by atoms with Crippen LogP contribution in [-0.2, 0) is 6.42 Å². The fraction of sp³-hybridized carbons (Fsp3) is 0.750. The molecule has 1 aliphatic carbocycles. The lowest BCUT2D eigenvalue weighted by Gasteiger charge is -2.38. The molecule has 0 spiro atoms. The van der Waals surface area contributed by atoms with E-state index in [0.717, 1.165) is 25.4 Å². The molecule has 0 radical (unpaired) electrons. The highest BCUT2D eigenvalue weighted by atomic mass is 15.1. The number of hydrogen-bond donors (Lipinski definition) is 1. The van der Waals surface area contributed by atoms with E-state index < -0.39 is 0 Å². The van der Waals surface area contributed by atoms with Crippen LogP contribution in [0.1, 0.15) is 38.6 Å². The highest BCUT2D eigenvalue weighted by Gasteiger charge is 2.32. The van der Waals surface area contributed by atoms with Gasteiger partial charge in [0, 0.05) is 24.9 Å². The Morgan fingerprint density at radius 1 is 1.47 bits per heavy atom. The second kappa shape index (κ2) is 4.79. The first kappa shape index (κ1) is 10.7. The van der Waals surface area contributed by atoms with Gasteiger partial charge in [0.15, 0.2) is 0 Å². The smallest absolute Gasteiger partial charge is 0.108 e. The second-order valence-corrected chi connectivity index (χ2v) is 4.32. The van der Waals surface area contributed by atoms with E-state index in [1.807, 2.05) is 6.20 Å². The van der Waals surface area contributed by atoms with Crippen molar-refractivity contribution in [2.24, 2.45) is 5.92 Å². The van der Waals surface area contributed by atoms with E-state index in [1.165, 1.54) is 18.7 Å². The minimum absolute atomic E-state index is 0.696. The summed E-state index contributed by atoms with van der Waals surface area (Å²) >= 11 is 0. The van der Waals surface area contributed by atoms with E-state index in [9.17, 15) is 0 Å². The summed E-state index contributed by atoms with van der Waals surface area (Å²) < 4.78 is 2.38. The Kier molecular flexibility index (Phi) is 3.41. The van der Waals surface area contributed by atoms with Gasteiger partial charge in [0.2, 0.25) is 0 Å². The molecule has 84 valence electrons. The van der Waals surface area contributed by atoms with Crippen LogP contribution in [0.3, 0.4) is 0 Å². The molecule has 1 aromatic rings. The summed E-state index contributed by atoms with van der Waals surface area (Å²) in [5.41, 5.74) is 0. The average Bonchev–Trinajstić information content (AvgIpc) is 2.65. The van der Waals surface area contributed by atoms with Crippen molar-refractivity contribution in [3.63, 3.8) is 0 Å². The van der Waals surface area contributed by atoms with Gasteiger partial charge in [0.05, 0.1) is 0 Å². The van der Waals surface area contributed by atoms with Gasteiger partial charge in [-0.2, -0.15) is 0 Å². The Morgan fingerprint density at radius 2 is 2.33 bits per heavy atom. The normalized spacial score (nSPS) is 25.2. The van der Waals surface area contributed by atoms with Crippen molar-refractivity contribution in [2.45, 2.75) is 39.2 Å². The molecule has 3 heteroatoms. The van der Waals surface area contributed by atoms with Gasteiger partial charge >= 0.3 is 0 Å². The monoisotopic (exact) mass is 207 g/mol. The highest BCUT2D eigenvalue weighted by Crippen LogP contribution is 2.38. The number of aromatic nitrogens is 2. The summed E-state index contributed by atoms with van der Waals surface area (Å²) in [5.74, 6) is 2.05. The first-order valence-corrected chi connectivity index (χ1v) is 6.09. The van der Waals surface area contributed by atoms with Crippen molar-refractivity contribution in [2.75, 3.05) is 13.1 Å². The van der Waals surface area contributed by atoms with E-state index in [0.29, 0.717) is 6.04 Å². The lowest BCUT2D eigenvalue weighted by molar-refractivity contribution is 0.174. The second-order valence-electron chi connectivity index (χ2n) is 4.32. The molecule has 1 aliphatic rings. The molecule has 2 atom stereocenters. The van der Waals surface area contributed by atoms with Crippen LogP contribution >= 0.6 is 0 Å². The van der Waals surface area contributed by atoms with E-state index >= 15 is 0 Å². The number of rotatable bonds is 5. The number of nitrogens with one attached hydrogen (secondary N) is 1. The van der Waals surface area contributed by atoms with Crippen molar-refractivity contribution in [1.29, 1.82) is 0 Å². The molecule has 3 nitrogen and oxygen atoms in total. The standard InChI is InChI=1S/C12H21N3/c1-3-12-14-7-8-15(12)11-6-5-10(11)9-13-4-2/h7-8,10-11,13H,3-6,9H2,1-2H3. The maximum atomic E-state index is 4.39. The van der Waals surface area contributed by atoms with Gasteiger partial charge in [0.25, 0.3) is 0 Å². The molecule has 0 aliphatic heterocycles. The summed E-state index contributed by atoms with van der Waals surface area (Å²) in [6.45, 7) is 6.58. The van der Waals surface area contributed by atoms with Crippen LogP contribution in [0, 0.1) is 5.92 Å². The maximum absolute atomic E-state index is 4.39. The van der Waals surface area contributed by atoms with Gasteiger partial charge in [-0.25, -0.2) is 4.98 Å². The third kappa shape index (κ3) is 2.07. The Morgan fingerprint density at radius 3 is 2.93 bits per heavy atom. The molecule has 2 unspecified atom stereocenters. The van der Waals surface area contributed by atoms with Crippen LogP contribution < -0.4 is 5.32 Å². The van der Waals surface area contributed by atoms with Crippen LogP contribution in [0.4, 0.5) is 0 Å². The predicted octanol–water partition coefficient (Wildman–Crippen LogP) is 2.01. The van der Waals surface area contributed by atoms with Gasteiger partial charge < -0.3 is 9.88 Å². The van der Waals surface area contributed by atoms with Crippen LogP contribution in [0.5, 0.6) is 0 Å². The van der Waals surface area contributed by atoms with E-state index in [4.69, 9.17) is 0 Å². The van der Waals surface area contributed by atoms with Gasteiger partial charge in [-0.05, 0) is 31.8 Å². The van der Waals surface area contributed by atoms with Gasteiger partial charge in [-0.15, -0.1) is 0 Å². The molecule has 1 aromatic heterocycles. The number of nitrogens with zero attached hydrogens (tertiary/aromatic N) is 2. The number of imidazole rings is 1. The molecule has 2 rings (SSSR count). The Hall–Kier alpha value is -0.830. The van der Waals surface area contributed by atoms with E-state index in [1.54, 1.807) is 0 Å². The molecular formula is C12H21N3. The highest BCUT2D eigenvalue weighted by molar-refractivity contribution is 4.99. The lowest BCUT2D eigenvalue weighted by atomic mass is 9.79. The molecule has 1 heterocycles. The fourth-order valence-corrected chi connectivity index (χ4v) is 2.41. The quantitative estimate of drug-likeness (QED) is 0.800. The molecule has 0 aromatic carbocycles. The van der Waals surface area contributed by atoms with Crippen LogP contribution in [0.15, 0.2) is 12.4 Å². The molecule has 0 amide bonds. The van der Waals surface area contributed by atoms with Gasteiger partial charge in [-0.3, -0.25) is 0 Å². The third-order valence-corrected chi connectivity index (χ3v) is 3.46. The van der Waals surface area contributed by atoms with Crippen LogP contribution in [0.25, 0.3) is 0 Å². The average molecular weight is 207 g/mol. The zero-order chi connectivity index (χ0) is 10.7. The zero-order valence-corrected chi connectivity index (χ0v) is 9.74. The largest absolute Gasteiger partial charge is 0.332 e.